The van der Waals surface area contributed by atoms with Gasteiger partial charge in [0, 0.05) is 12.2 Å². The van der Waals surface area contributed by atoms with Crippen LogP contribution in [-0.2, 0) is 18.7 Å². The Morgan fingerprint density at radius 1 is 1.04 bits per heavy atom. The van der Waals surface area contributed by atoms with Gasteiger partial charge in [-0.25, -0.2) is 4.79 Å². The topological polar surface area (TPSA) is 68.0 Å². The van der Waals surface area contributed by atoms with Crippen molar-refractivity contribution in [2.24, 2.45) is 5.92 Å². The first-order chi connectivity index (χ1) is 13.0. The summed E-state index contributed by atoms with van der Waals surface area (Å²) in [5.41, 5.74) is 2.58. The van der Waals surface area contributed by atoms with Gasteiger partial charge in [0.05, 0.1) is 12.1 Å². The smallest absolute Gasteiger partial charge is 0.335 e. The van der Waals surface area contributed by atoms with E-state index in [1.165, 1.54) is 5.56 Å². The quantitative estimate of drug-likeness (QED) is 0.581. The Labute approximate surface area is 163 Å². The molecule has 0 aliphatic heterocycles. The molecular weight excluding hydrogens is 358 g/mol. The third-order valence-electron chi connectivity index (χ3n) is 4.14. The summed E-state index contributed by atoms with van der Waals surface area (Å²) in [4.78, 5) is 11.0. The number of carboxylic acid groups (broad SMARTS) is 1. The van der Waals surface area contributed by atoms with E-state index in [9.17, 15) is 4.79 Å². The third kappa shape index (κ3) is 5.20. The van der Waals surface area contributed by atoms with Gasteiger partial charge in [-0.15, -0.1) is 10.2 Å². The highest BCUT2D eigenvalue weighted by Gasteiger charge is 2.14. The molecule has 0 radical (unpaired) electrons. The molecule has 1 N–H and O–H groups in total. The molecule has 1 aromatic heterocycles. The van der Waals surface area contributed by atoms with Crippen molar-refractivity contribution in [3.63, 3.8) is 0 Å². The molecule has 3 aromatic rings. The molecule has 0 aliphatic rings. The van der Waals surface area contributed by atoms with Crippen LogP contribution in [0.2, 0.25) is 0 Å². The van der Waals surface area contributed by atoms with Crippen LogP contribution >= 0.6 is 11.8 Å². The lowest BCUT2D eigenvalue weighted by Gasteiger charge is -2.11. The van der Waals surface area contributed by atoms with Gasteiger partial charge in [-0.1, -0.05) is 68.1 Å². The molecule has 140 valence electrons. The van der Waals surface area contributed by atoms with Gasteiger partial charge in [-0.3, -0.25) is 0 Å². The van der Waals surface area contributed by atoms with Crippen molar-refractivity contribution in [3.8, 4) is 0 Å². The van der Waals surface area contributed by atoms with Crippen LogP contribution in [0.15, 0.2) is 59.8 Å². The van der Waals surface area contributed by atoms with Gasteiger partial charge in [0.1, 0.15) is 5.82 Å². The van der Waals surface area contributed by atoms with E-state index in [4.69, 9.17) is 5.11 Å². The number of hydrogen-bond donors (Lipinski definition) is 1. The summed E-state index contributed by atoms with van der Waals surface area (Å²) in [6, 6.07) is 17.3. The first-order valence-electron chi connectivity index (χ1n) is 8.94. The van der Waals surface area contributed by atoms with Crippen molar-refractivity contribution in [2.75, 3.05) is 0 Å². The molecule has 27 heavy (non-hydrogen) atoms. The number of aromatic carboxylic acids is 1. The highest BCUT2D eigenvalue weighted by atomic mass is 32.2. The highest BCUT2D eigenvalue weighted by molar-refractivity contribution is 7.98. The molecule has 6 heteroatoms. The van der Waals surface area contributed by atoms with E-state index in [1.54, 1.807) is 23.9 Å². The minimum Gasteiger partial charge on any atom is -0.478 e. The zero-order valence-corrected chi connectivity index (χ0v) is 16.3. The molecule has 3 rings (SSSR count). The van der Waals surface area contributed by atoms with E-state index < -0.39 is 5.97 Å². The van der Waals surface area contributed by atoms with Gasteiger partial charge in [-0.2, -0.15) is 0 Å². The van der Waals surface area contributed by atoms with Crippen molar-refractivity contribution in [3.05, 3.63) is 77.1 Å². The van der Waals surface area contributed by atoms with Crippen LogP contribution in [0.1, 0.15) is 41.2 Å². The highest BCUT2D eigenvalue weighted by Crippen LogP contribution is 2.24. The zero-order chi connectivity index (χ0) is 19.2. The van der Waals surface area contributed by atoms with E-state index in [-0.39, 0.29) is 0 Å². The summed E-state index contributed by atoms with van der Waals surface area (Å²) >= 11 is 1.62. The maximum Gasteiger partial charge on any atom is 0.335 e. The predicted octanol–water partition coefficient (Wildman–Crippen LogP) is 4.52. The largest absolute Gasteiger partial charge is 0.478 e. The van der Waals surface area contributed by atoms with Gasteiger partial charge in [-0.05, 0) is 29.2 Å². The zero-order valence-electron chi connectivity index (χ0n) is 15.5. The van der Waals surface area contributed by atoms with E-state index >= 15 is 0 Å². The summed E-state index contributed by atoms with van der Waals surface area (Å²) in [6.07, 6.45) is 0.883. The molecule has 5 nitrogen and oxygen atoms in total. The van der Waals surface area contributed by atoms with Crippen molar-refractivity contribution in [1.82, 2.24) is 14.8 Å². The molecule has 0 atom stereocenters. The van der Waals surface area contributed by atoms with Crippen molar-refractivity contribution in [2.45, 2.75) is 37.7 Å². The lowest BCUT2D eigenvalue weighted by Crippen LogP contribution is -2.09. The average molecular weight is 382 g/mol. The van der Waals surface area contributed by atoms with Crippen LogP contribution in [0.4, 0.5) is 0 Å². The Balaban J connectivity index is 1.77. The average Bonchev–Trinajstić information content (AvgIpc) is 3.02. The van der Waals surface area contributed by atoms with Crippen LogP contribution in [0.25, 0.3) is 0 Å². The first kappa shape index (κ1) is 19.2. The van der Waals surface area contributed by atoms with Gasteiger partial charge in [0.2, 0.25) is 0 Å². The number of hydrogen-bond acceptors (Lipinski definition) is 4. The second-order valence-corrected chi connectivity index (χ2v) is 7.80. The van der Waals surface area contributed by atoms with E-state index in [0.29, 0.717) is 17.2 Å². The molecule has 0 unspecified atom stereocenters. The van der Waals surface area contributed by atoms with Crippen molar-refractivity contribution in [1.29, 1.82) is 0 Å². The van der Waals surface area contributed by atoms with Crippen LogP contribution in [0, 0.1) is 5.92 Å². The van der Waals surface area contributed by atoms with E-state index in [2.05, 4.69) is 40.7 Å². The van der Waals surface area contributed by atoms with Gasteiger partial charge < -0.3 is 9.67 Å². The normalized spacial score (nSPS) is 11.1. The van der Waals surface area contributed by atoms with Gasteiger partial charge in [0.25, 0.3) is 0 Å². The molecule has 0 bridgehead atoms. The molecule has 1 heterocycles. The molecule has 0 fully saturated rings. The van der Waals surface area contributed by atoms with Gasteiger partial charge >= 0.3 is 5.97 Å². The third-order valence-corrected chi connectivity index (χ3v) is 5.17. The number of carbonyl (C=O) groups is 1. The molecule has 0 saturated carbocycles. The Kier molecular flexibility index (Phi) is 6.29. The SMILES string of the molecule is CC(C)Cc1nnc(SCc2ccc(C(=O)O)cc2)n1Cc1ccccc1. The summed E-state index contributed by atoms with van der Waals surface area (Å²) < 4.78 is 2.19. The number of thioether (sulfide) groups is 1. The van der Waals surface area contributed by atoms with Crippen molar-refractivity contribution >= 4 is 17.7 Å². The number of rotatable bonds is 8. The van der Waals surface area contributed by atoms with Crippen LogP contribution < -0.4 is 0 Å². The number of benzene rings is 2. The number of aromatic nitrogens is 3. The second-order valence-electron chi connectivity index (χ2n) is 6.86. The maximum absolute atomic E-state index is 11.0. The maximum atomic E-state index is 11.0. The van der Waals surface area contributed by atoms with E-state index in [1.807, 2.05) is 30.3 Å². The predicted molar refractivity (Wildman–Crippen MR) is 107 cm³/mol. The lowest BCUT2D eigenvalue weighted by molar-refractivity contribution is 0.0697. The summed E-state index contributed by atoms with van der Waals surface area (Å²) in [5.74, 6) is 1.31. The van der Waals surface area contributed by atoms with Crippen molar-refractivity contribution < 1.29 is 9.90 Å². The molecule has 0 amide bonds. The Hall–Kier alpha value is -2.60. The Bertz CT molecular complexity index is 890. The van der Waals surface area contributed by atoms with Crippen LogP contribution in [0.5, 0.6) is 0 Å². The monoisotopic (exact) mass is 381 g/mol. The lowest BCUT2D eigenvalue weighted by atomic mass is 10.1. The van der Waals surface area contributed by atoms with Gasteiger partial charge in [0.15, 0.2) is 5.16 Å². The number of carboxylic acids is 1. The minimum absolute atomic E-state index is 0.301. The number of nitrogens with zero attached hydrogens (tertiary/aromatic N) is 3. The fraction of sp³-hybridized carbons (Fsp3) is 0.286. The summed E-state index contributed by atoms with van der Waals surface area (Å²) in [5, 5.41) is 18.7. The fourth-order valence-corrected chi connectivity index (χ4v) is 3.67. The molecular formula is C21H23N3O2S. The van der Waals surface area contributed by atoms with E-state index in [0.717, 1.165) is 29.5 Å². The Morgan fingerprint density at radius 2 is 1.74 bits per heavy atom. The molecule has 0 spiro atoms. The second kappa shape index (κ2) is 8.86. The van der Waals surface area contributed by atoms with Crippen LogP contribution in [0.3, 0.4) is 0 Å². The molecule has 0 saturated heterocycles. The Morgan fingerprint density at radius 3 is 2.37 bits per heavy atom. The minimum atomic E-state index is -0.907. The molecule has 0 aliphatic carbocycles. The molecule has 2 aromatic carbocycles. The fourth-order valence-electron chi connectivity index (χ4n) is 2.76. The first-order valence-corrected chi connectivity index (χ1v) is 9.92. The van der Waals surface area contributed by atoms with Crippen LogP contribution in [-0.4, -0.2) is 25.8 Å². The summed E-state index contributed by atoms with van der Waals surface area (Å²) in [6.45, 7) is 5.10. The standard InChI is InChI=1S/C21H23N3O2S/c1-15(2)12-19-22-23-21(24(19)13-16-6-4-3-5-7-16)27-14-17-8-10-18(11-9-17)20(25)26/h3-11,15H,12-14H2,1-2H3,(H,25,26). The summed E-state index contributed by atoms with van der Waals surface area (Å²) in [7, 11) is 0.